The van der Waals surface area contributed by atoms with Crippen molar-refractivity contribution in [1.82, 2.24) is 0 Å². The molecule has 0 bridgehead atoms. The Hall–Kier alpha value is -10.4. The lowest BCUT2D eigenvalue weighted by atomic mass is 9.72. The van der Waals surface area contributed by atoms with E-state index in [9.17, 15) is 0 Å². The molecule has 0 saturated carbocycles. The van der Waals surface area contributed by atoms with Gasteiger partial charge < -0.3 is 19.6 Å². The largest absolute Gasteiger partial charge is 0.310 e. The summed E-state index contributed by atoms with van der Waals surface area (Å²) in [6, 6.07) is 111. The summed E-state index contributed by atoms with van der Waals surface area (Å²) in [5.74, 6) is 0. The van der Waals surface area contributed by atoms with Crippen molar-refractivity contribution in [3.05, 3.63) is 326 Å². The van der Waals surface area contributed by atoms with E-state index in [0.29, 0.717) is 0 Å². The molecular weight excluding hydrogens is 1020 g/mol. The van der Waals surface area contributed by atoms with Crippen LogP contribution in [-0.2, 0) is 10.8 Å². The van der Waals surface area contributed by atoms with Crippen molar-refractivity contribution in [1.29, 1.82) is 0 Å². The lowest BCUT2D eigenvalue weighted by Crippen LogP contribution is -2.31. The number of hydrogen-bond acceptors (Lipinski definition) is 4. The third kappa shape index (κ3) is 8.44. The third-order valence-electron chi connectivity index (χ3n) is 17.8. The van der Waals surface area contributed by atoms with Crippen molar-refractivity contribution < 1.29 is 0 Å². The monoisotopic (exact) mass is 1080 g/mol. The Morgan fingerprint density at radius 2 is 0.548 bits per heavy atom. The highest BCUT2D eigenvalue weighted by atomic mass is 15.2. The van der Waals surface area contributed by atoms with E-state index in [4.69, 9.17) is 0 Å². The summed E-state index contributed by atoms with van der Waals surface area (Å²) in [5.41, 5.74) is 22.9. The van der Waals surface area contributed by atoms with Crippen LogP contribution in [-0.4, -0.2) is 0 Å². The highest BCUT2D eigenvalue weighted by Crippen LogP contribution is 2.57. The minimum atomic E-state index is -0.344. The molecule has 0 unspecified atom stereocenters. The van der Waals surface area contributed by atoms with Crippen molar-refractivity contribution in [3.8, 4) is 22.3 Å². The number of rotatable bonds is 10. The van der Waals surface area contributed by atoms with Crippen LogP contribution in [0.3, 0.4) is 0 Å². The van der Waals surface area contributed by atoms with Crippen molar-refractivity contribution in [2.24, 2.45) is 0 Å². The Morgan fingerprint density at radius 3 is 1.05 bits per heavy atom. The molecule has 0 aliphatic carbocycles. The molecule has 0 spiro atoms. The van der Waals surface area contributed by atoms with Gasteiger partial charge in [0.25, 0.3) is 0 Å². The van der Waals surface area contributed by atoms with E-state index >= 15 is 0 Å². The summed E-state index contributed by atoms with van der Waals surface area (Å²) in [7, 11) is 0. The highest BCUT2D eigenvalue weighted by Gasteiger charge is 2.40. The van der Waals surface area contributed by atoms with Crippen LogP contribution in [0.25, 0.3) is 43.8 Å². The first-order chi connectivity index (χ1) is 41.2. The second-order valence-electron chi connectivity index (χ2n) is 23.4. The first-order valence-electron chi connectivity index (χ1n) is 29.2. The van der Waals surface area contributed by atoms with Crippen LogP contribution in [0, 0.1) is 0 Å². The van der Waals surface area contributed by atoms with Gasteiger partial charge in [0.05, 0.1) is 34.1 Å². The van der Waals surface area contributed by atoms with Gasteiger partial charge in [-0.05, 0) is 171 Å². The van der Waals surface area contributed by atoms with Gasteiger partial charge in [-0.25, -0.2) is 0 Å². The lowest BCUT2D eigenvalue weighted by molar-refractivity contribution is 0.632. The van der Waals surface area contributed by atoms with Gasteiger partial charge in [-0.1, -0.05) is 216 Å². The fraction of sp³-hybridized carbons (Fsp3) is 0.0750. The molecule has 0 fully saturated rings. The zero-order valence-electron chi connectivity index (χ0n) is 47.7. The molecule has 0 amide bonds. The zero-order chi connectivity index (χ0) is 56.5. The second-order valence-corrected chi connectivity index (χ2v) is 23.4. The van der Waals surface area contributed by atoms with E-state index in [1.165, 1.54) is 89.0 Å². The predicted molar refractivity (Wildman–Crippen MR) is 355 cm³/mol. The fourth-order valence-corrected chi connectivity index (χ4v) is 13.5. The number of para-hydroxylation sites is 3. The normalized spacial score (nSPS) is 13.6. The van der Waals surface area contributed by atoms with Crippen LogP contribution < -0.4 is 19.6 Å². The van der Waals surface area contributed by atoms with E-state index in [-0.39, 0.29) is 10.8 Å². The molecule has 4 heteroatoms. The number of nitrogens with zero attached hydrogens (tertiary/aromatic N) is 4. The van der Waals surface area contributed by atoms with E-state index in [2.05, 4.69) is 351 Å². The number of hydrogen-bond donors (Lipinski definition) is 0. The molecule has 13 aromatic rings. The maximum Gasteiger partial charge on any atom is 0.0540 e. The molecule has 0 N–H and O–H groups in total. The second kappa shape index (κ2) is 20.2. The molecule has 15 rings (SSSR count). The molecule has 0 aromatic heterocycles. The van der Waals surface area contributed by atoms with Crippen LogP contribution >= 0.6 is 0 Å². The van der Waals surface area contributed by atoms with E-state index in [1.807, 2.05) is 0 Å². The average Bonchev–Trinajstić information content (AvgIpc) is 1.11. The first-order valence-corrected chi connectivity index (χ1v) is 29.2. The Labute approximate surface area is 493 Å². The molecule has 2 heterocycles. The van der Waals surface area contributed by atoms with Crippen LogP contribution in [0.5, 0.6) is 0 Å². The van der Waals surface area contributed by atoms with Gasteiger partial charge in [-0.2, -0.15) is 0 Å². The van der Waals surface area contributed by atoms with Crippen molar-refractivity contribution in [2.45, 2.75) is 38.5 Å². The minimum Gasteiger partial charge on any atom is -0.310 e. The number of anilines is 12. The van der Waals surface area contributed by atoms with Crippen molar-refractivity contribution in [3.63, 3.8) is 0 Å². The fourth-order valence-electron chi connectivity index (χ4n) is 13.5. The highest BCUT2D eigenvalue weighted by molar-refractivity contribution is 6.03. The summed E-state index contributed by atoms with van der Waals surface area (Å²) >= 11 is 0. The van der Waals surface area contributed by atoms with Gasteiger partial charge in [-0.3, -0.25) is 0 Å². The maximum atomic E-state index is 2.50. The number of benzene rings is 13. The van der Waals surface area contributed by atoms with Gasteiger partial charge >= 0.3 is 0 Å². The van der Waals surface area contributed by atoms with Gasteiger partial charge in [-0.15, -0.1) is 0 Å². The SMILES string of the molecule is CC1(C)c2ccccc2N(c2cccc3ccccc23)c2ccc(N(c3ccccc3)c3ccc(-c4ccc(N(c5ccccc5)c5ccc6c(c5)C(C)(C)c5cc(-c7ccccc7)ccc5N6c5cccc6ccccc56)cc4)cc3)cc21. The summed E-state index contributed by atoms with van der Waals surface area (Å²) in [6.45, 7) is 9.53. The van der Waals surface area contributed by atoms with E-state index < -0.39 is 0 Å². The summed E-state index contributed by atoms with van der Waals surface area (Å²) in [6.07, 6.45) is 0. The Bertz CT molecular complexity index is 4600. The molecule has 84 heavy (non-hydrogen) atoms. The number of fused-ring (bicyclic) bond motifs is 6. The quantitative estimate of drug-likeness (QED) is 0.135. The van der Waals surface area contributed by atoms with Gasteiger partial charge in [0.15, 0.2) is 0 Å². The van der Waals surface area contributed by atoms with Crippen molar-refractivity contribution >= 4 is 89.8 Å². The van der Waals surface area contributed by atoms with Crippen molar-refractivity contribution in [2.75, 3.05) is 19.6 Å². The Kier molecular flexibility index (Phi) is 12.2. The molecule has 2 aliphatic heterocycles. The molecule has 13 aromatic carbocycles. The summed E-state index contributed by atoms with van der Waals surface area (Å²) < 4.78 is 0. The van der Waals surface area contributed by atoms with Crippen LogP contribution in [0.1, 0.15) is 49.9 Å². The summed E-state index contributed by atoms with van der Waals surface area (Å²) in [4.78, 5) is 9.77. The lowest BCUT2D eigenvalue weighted by Gasteiger charge is -2.43. The molecule has 2 aliphatic rings. The van der Waals surface area contributed by atoms with E-state index in [0.717, 1.165) is 45.3 Å². The standard InChI is InChI=1S/C80H62N4/c1-79(2)69-34-18-19-35-75(69)83(73-36-20-26-58-24-14-16-32-67(58)73)77-50-47-65(53-71(77)79)81(61-28-10-6-11-29-61)63-43-38-56(39-44-63)57-40-45-64(46-41-57)82(62-30-12-7-13-31-62)66-48-51-78-72(54-66)80(3,4)70-52-60(55-22-8-5-9-23-55)42-49-76(70)84(78)74-37-21-27-59-25-15-17-33-68(59)74/h5-54H,1-4H3. The van der Waals surface area contributed by atoms with Gasteiger partial charge in [0.1, 0.15) is 0 Å². The van der Waals surface area contributed by atoms with Gasteiger partial charge in [0, 0.05) is 55.7 Å². The molecule has 0 radical (unpaired) electrons. The van der Waals surface area contributed by atoms with E-state index in [1.54, 1.807) is 0 Å². The van der Waals surface area contributed by atoms with Gasteiger partial charge in [0.2, 0.25) is 0 Å². The topological polar surface area (TPSA) is 13.0 Å². The minimum absolute atomic E-state index is 0.271. The molecule has 0 saturated heterocycles. The summed E-state index contributed by atoms with van der Waals surface area (Å²) in [5, 5.41) is 4.89. The Morgan fingerprint density at radius 1 is 0.226 bits per heavy atom. The molecular formula is C80H62N4. The third-order valence-corrected chi connectivity index (χ3v) is 17.8. The average molecular weight is 1080 g/mol. The molecule has 4 nitrogen and oxygen atoms in total. The van der Waals surface area contributed by atoms with Crippen LogP contribution in [0.2, 0.25) is 0 Å². The first kappa shape index (κ1) is 50.5. The predicted octanol–water partition coefficient (Wildman–Crippen LogP) is 22.5. The molecule has 402 valence electrons. The molecule has 0 atom stereocenters. The van der Waals surface area contributed by atoms with Crippen LogP contribution in [0.15, 0.2) is 303 Å². The Balaban J connectivity index is 0.790. The van der Waals surface area contributed by atoms with Crippen LogP contribution in [0.4, 0.5) is 68.2 Å². The zero-order valence-corrected chi connectivity index (χ0v) is 47.7. The smallest absolute Gasteiger partial charge is 0.0540 e. The maximum absolute atomic E-state index is 2.50.